The number of rotatable bonds is 2. The zero-order valence-electron chi connectivity index (χ0n) is 7.29. The summed E-state index contributed by atoms with van der Waals surface area (Å²) in [6.45, 7) is 0. The molecule has 0 unspecified atom stereocenters. The van der Waals surface area contributed by atoms with Gasteiger partial charge in [0.15, 0.2) is 0 Å². The first-order chi connectivity index (χ1) is 7.03. The third kappa shape index (κ3) is 0.847. The van der Waals surface area contributed by atoms with Crippen LogP contribution in [0.15, 0.2) is 0 Å². The van der Waals surface area contributed by atoms with Gasteiger partial charge in [-0.25, -0.2) is 0 Å². The number of carbonyl (C=O) groups is 4. The molecule has 8 nitrogen and oxygen atoms in total. The Kier molecular flexibility index (Phi) is 2.09. The number of imide groups is 2. The summed E-state index contributed by atoms with van der Waals surface area (Å²) >= 11 is 3.25. The molecule has 2 fully saturated rings. The van der Waals surface area contributed by atoms with Crippen LogP contribution in [0, 0.1) is 0 Å². The van der Waals surface area contributed by atoms with Crippen LogP contribution in [0.5, 0.6) is 0 Å². The minimum absolute atomic E-state index is 0.290. The second-order valence-corrected chi connectivity index (χ2v) is 6.20. The van der Waals surface area contributed by atoms with Crippen molar-refractivity contribution in [2.75, 3.05) is 7.11 Å². The van der Waals surface area contributed by atoms with Gasteiger partial charge in [0.1, 0.15) is 0 Å². The van der Waals surface area contributed by atoms with E-state index in [1.165, 1.54) is 0 Å². The molecule has 0 bridgehead atoms. The molecule has 1 spiro atoms. The molecule has 2 heterocycles. The van der Waals surface area contributed by atoms with Gasteiger partial charge < -0.3 is 0 Å². The Bertz CT molecular complexity index is 337. The van der Waals surface area contributed by atoms with Crippen LogP contribution in [0.1, 0.15) is 0 Å². The van der Waals surface area contributed by atoms with Gasteiger partial charge in [0.05, 0.1) is 0 Å². The average Bonchev–Trinajstić information content (AvgIpc) is 2.20. The fourth-order valence-corrected chi connectivity index (χ4v) is 4.45. The monoisotopic (exact) mass is 252 g/mol. The van der Waals surface area contributed by atoms with E-state index >= 15 is 0 Å². The molecule has 0 saturated carbocycles. The second-order valence-electron chi connectivity index (χ2n) is 2.82. The van der Waals surface area contributed by atoms with Crippen molar-refractivity contribution in [3.63, 3.8) is 0 Å². The van der Waals surface area contributed by atoms with Gasteiger partial charge in [0, 0.05) is 0 Å². The van der Waals surface area contributed by atoms with Gasteiger partial charge >= 0.3 is 88.3 Å². The summed E-state index contributed by atoms with van der Waals surface area (Å²) in [5, 5.41) is 0.690. The third-order valence-electron chi connectivity index (χ3n) is 2.29. The van der Waals surface area contributed by atoms with Crippen LogP contribution in [0.3, 0.4) is 0 Å². The molecule has 82 valence electrons. The van der Waals surface area contributed by atoms with E-state index in [-0.39, 0.29) is 5.06 Å². The summed E-state index contributed by atoms with van der Waals surface area (Å²) < 4.78 is 4.11. The van der Waals surface area contributed by atoms with Gasteiger partial charge in [-0.05, 0) is 0 Å². The molecule has 0 aromatic rings. The molecule has 2 aliphatic heterocycles. The minimum atomic E-state index is -3.87. The van der Waals surface area contributed by atoms with E-state index in [0.717, 1.165) is 7.11 Å². The quantitative estimate of drug-likeness (QED) is 0.450. The Morgan fingerprint density at radius 1 is 1.00 bits per heavy atom. The first-order valence-electron chi connectivity index (χ1n) is 3.67. The molecule has 0 aromatic carbocycles. The normalized spacial score (nSPS) is 25.5. The molecular weight excluding hydrogens is 247 g/mol. The van der Waals surface area contributed by atoms with Crippen molar-refractivity contribution < 1.29 is 28.3 Å². The first kappa shape index (κ1) is 10.5. The molecule has 0 radical (unpaired) electrons. The van der Waals surface area contributed by atoms with Crippen LogP contribution in [-0.4, -0.2) is 39.8 Å². The molecule has 2 aliphatic rings. The number of carbonyl (C=O) groups excluding carboxylic acids is 4. The van der Waals surface area contributed by atoms with Gasteiger partial charge in [0.25, 0.3) is 0 Å². The van der Waals surface area contributed by atoms with Gasteiger partial charge in [0.2, 0.25) is 0 Å². The molecule has 0 aliphatic carbocycles. The standard InChI is InChI=1S/C5H5N2O6PS/c1-12-6-2(8)14(3(6)9)4(10)7(13-15)5(14)11/h14-15H,1H3. The van der Waals surface area contributed by atoms with E-state index in [1.807, 2.05) is 0 Å². The van der Waals surface area contributed by atoms with E-state index in [2.05, 4.69) is 22.0 Å². The van der Waals surface area contributed by atoms with Crippen molar-refractivity contribution in [1.82, 2.24) is 10.1 Å². The topological polar surface area (TPSA) is 93.2 Å². The summed E-state index contributed by atoms with van der Waals surface area (Å²) in [7, 11) is -2.78. The maximum absolute atomic E-state index is 11.4. The Balaban J connectivity index is 2.34. The van der Waals surface area contributed by atoms with Crippen LogP contribution in [0.25, 0.3) is 0 Å². The van der Waals surface area contributed by atoms with Gasteiger partial charge in [-0.2, -0.15) is 0 Å². The van der Waals surface area contributed by atoms with Crippen molar-refractivity contribution in [2.45, 2.75) is 0 Å². The van der Waals surface area contributed by atoms with Gasteiger partial charge in [-0.15, -0.1) is 0 Å². The van der Waals surface area contributed by atoms with Crippen molar-refractivity contribution in [1.29, 1.82) is 0 Å². The number of amides is 4. The third-order valence-corrected chi connectivity index (χ3v) is 5.83. The first-order valence-corrected chi connectivity index (χ1v) is 6.03. The molecule has 10 heteroatoms. The number of hydrogen-bond acceptors (Lipinski definition) is 7. The van der Waals surface area contributed by atoms with E-state index in [9.17, 15) is 19.2 Å². The number of thiol groups is 1. The van der Waals surface area contributed by atoms with Crippen molar-refractivity contribution in [3.05, 3.63) is 0 Å². The van der Waals surface area contributed by atoms with Crippen molar-refractivity contribution in [2.24, 2.45) is 0 Å². The molecule has 4 amide bonds. The molecule has 2 rings (SSSR count). The van der Waals surface area contributed by atoms with Crippen molar-refractivity contribution in [3.8, 4) is 0 Å². The summed E-state index contributed by atoms with van der Waals surface area (Å²) in [4.78, 5) is 49.9. The van der Waals surface area contributed by atoms with Crippen molar-refractivity contribution >= 4 is 42.8 Å². The molecule has 0 atom stereocenters. The van der Waals surface area contributed by atoms with Crippen LogP contribution in [-0.2, 0) is 9.12 Å². The van der Waals surface area contributed by atoms with E-state index < -0.39 is 29.9 Å². The molecule has 15 heavy (non-hydrogen) atoms. The molecule has 2 saturated heterocycles. The van der Waals surface area contributed by atoms with Gasteiger partial charge in [-0.3, -0.25) is 0 Å². The number of hydroxylamine groups is 4. The second kappa shape index (κ2) is 2.99. The molecular formula is C5H5N2O6PS. The SMILES string of the molecule is CON1C(=O)[PH]2(C1=O)C(=O)N(OS)C2=O. The Morgan fingerprint density at radius 2 is 1.40 bits per heavy atom. The zero-order chi connectivity index (χ0) is 11.4. The molecule has 0 N–H and O–H groups in total. The molecule has 0 aromatic heterocycles. The fourth-order valence-electron chi connectivity index (χ4n) is 1.48. The summed E-state index contributed by atoms with van der Waals surface area (Å²) in [5.74, 6) is 0. The average molecular weight is 252 g/mol. The fraction of sp³-hybridized carbons (Fsp3) is 0.200. The van der Waals surface area contributed by atoms with E-state index in [0.29, 0.717) is 5.06 Å². The Morgan fingerprint density at radius 3 is 1.73 bits per heavy atom. The zero-order valence-corrected chi connectivity index (χ0v) is 9.19. The van der Waals surface area contributed by atoms with Gasteiger partial charge in [-0.1, -0.05) is 0 Å². The predicted octanol–water partition coefficient (Wildman–Crippen LogP) is 1.19. The maximum atomic E-state index is 11.4. The Hall–Kier alpha value is -1.02. The number of nitrogens with zero attached hydrogens (tertiary/aromatic N) is 2. The van der Waals surface area contributed by atoms with Crippen LogP contribution in [0.4, 0.5) is 19.2 Å². The summed E-state index contributed by atoms with van der Waals surface area (Å²) in [5.41, 5.74) is -3.56. The van der Waals surface area contributed by atoms with Crippen LogP contribution in [0.2, 0.25) is 0 Å². The number of hydrogen-bond donors (Lipinski definition) is 1. The summed E-state index contributed by atoms with van der Waals surface area (Å²) in [6.07, 6.45) is 0. The predicted molar refractivity (Wildman–Crippen MR) is 50.7 cm³/mol. The van der Waals surface area contributed by atoms with E-state index in [1.54, 1.807) is 0 Å². The summed E-state index contributed by atoms with van der Waals surface area (Å²) in [6, 6.07) is 0. The Labute approximate surface area is 88.9 Å². The van der Waals surface area contributed by atoms with E-state index in [4.69, 9.17) is 0 Å². The van der Waals surface area contributed by atoms with Crippen LogP contribution < -0.4 is 0 Å². The van der Waals surface area contributed by atoms with Crippen LogP contribution >= 0.6 is 20.2 Å².